The van der Waals surface area contributed by atoms with E-state index in [4.69, 9.17) is 11.6 Å². The molecule has 2 aromatic carbocycles. The molecule has 0 saturated carbocycles. The fourth-order valence-corrected chi connectivity index (χ4v) is 5.51. The molecule has 0 spiro atoms. The molecule has 1 aliphatic heterocycles. The van der Waals surface area contributed by atoms with E-state index in [2.05, 4.69) is 10.3 Å². The average molecular weight is 412 g/mol. The standard InChI is InChI=1S/C17H18ClN3O3S2/c1-21(9-8-19-11-13-4-2-5-14(18)10-13)26(23,24)16-7-3-6-15-17(16)25(22)12-20-15/h2-7,10,12,19H,8-9,11H2,1H3. The average Bonchev–Trinajstić information content (AvgIpc) is 3.00. The Balaban J connectivity index is 1.64. The molecule has 2 aromatic rings. The van der Waals surface area contributed by atoms with Crippen molar-refractivity contribution < 1.29 is 12.6 Å². The lowest BCUT2D eigenvalue weighted by molar-refractivity contribution is 0.457. The van der Waals surface area contributed by atoms with Crippen LogP contribution in [0.3, 0.4) is 0 Å². The highest BCUT2D eigenvalue weighted by Crippen LogP contribution is 2.34. The molecule has 0 bridgehead atoms. The number of hydrogen-bond acceptors (Lipinski definition) is 5. The monoisotopic (exact) mass is 411 g/mol. The van der Waals surface area contributed by atoms with Gasteiger partial charge in [0.05, 0.1) is 26.9 Å². The van der Waals surface area contributed by atoms with Crippen LogP contribution >= 0.6 is 11.6 Å². The number of fused-ring (bicyclic) bond motifs is 1. The molecule has 138 valence electrons. The number of aliphatic imine (C=N–C) groups is 1. The van der Waals surface area contributed by atoms with Gasteiger partial charge >= 0.3 is 0 Å². The van der Waals surface area contributed by atoms with Crippen molar-refractivity contribution in [2.75, 3.05) is 20.1 Å². The van der Waals surface area contributed by atoms with E-state index in [-0.39, 0.29) is 16.3 Å². The summed E-state index contributed by atoms with van der Waals surface area (Å²) >= 11 is 5.94. The van der Waals surface area contributed by atoms with Gasteiger partial charge in [-0.2, -0.15) is 4.31 Å². The summed E-state index contributed by atoms with van der Waals surface area (Å²) in [5.41, 5.74) is 2.73. The summed E-state index contributed by atoms with van der Waals surface area (Å²) in [6, 6.07) is 12.2. The zero-order valence-electron chi connectivity index (χ0n) is 14.1. The van der Waals surface area contributed by atoms with Gasteiger partial charge in [-0.3, -0.25) is 0 Å². The smallest absolute Gasteiger partial charge is 0.244 e. The van der Waals surface area contributed by atoms with Crippen LogP contribution in [-0.4, -0.2) is 42.6 Å². The lowest BCUT2D eigenvalue weighted by atomic mass is 10.2. The third-order valence-corrected chi connectivity index (χ3v) is 7.35. The number of hydrogen-bond donors (Lipinski definition) is 1. The molecular formula is C17H18ClN3O3S2. The minimum Gasteiger partial charge on any atom is -0.311 e. The second-order valence-electron chi connectivity index (χ2n) is 5.77. The van der Waals surface area contributed by atoms with Gasteiger partial charge in [-0.1, -0.05) is 29.8 Å². The molecule has 1 unspecified atom stereocenters. The Kier molecular flexibility index (Phi) is 5.89. The zero-order valence-corrected chi connectivity index (χ0v) is 16.4. The van der Waals surface area contributed by atoms with Gasteiger partial charge in [0.1, 0.15) is 4.90 Å². The maximum Gasteiger partial charge on any atom is 0.244 e. The van der Waals surface area contributed by atoms with Crippen LogP contribution < -0.4 is 5.32 Å². The Labute approximate surface area is 160 Å². The highest BCUT2D eigenvalue weighted by atomic mass is 35.5. The summed E-state index contributed by atoms with van der Waals surface area (Å²) in [5, 5.41) is 3.86. The molecule has 6 nitrogen and oxygen atoms in total. The Morgan fingerprint density at radius 3 is 2.77 bits per heavy atom. The molecular weight excluding hydrogens is 394 g/mol. The molecule has 1 N–H and O–H groups in total. The number of nitrogens with zero attached hydrogens (tertiary/aromatic N) is 2. The fourth-order valence-electron chi connectivity index (χ4n) is 2.57. The predicted octanol–water partition coefficient (Wildman–Crippen LogP) is 2.53. The Morgan fingerprint density at radius 1 is 1.23 bits per heavy atom. The predicted molar refractivity (Wildman–Crippen MR) is 104 cm³/mol. The first-order valence-corrected chi connectivity index (χ1v) is 10.9. The van der Waals surface area contributed by atoms with Gasteiger partial charge in [-0.25, -0.2) is 17.6 Å². The van der Waals surface area contributed by atoms with Gasteiger partial charge < -0.3 is 5.32 Å². The van der Waals surface area contributed by atoms with Crippen LogP contribution in [0, 0.1) is 0 Å². The van der Waals surface area contributed by atoms with E-state index < -0.39 is 20.8 Å². The van der Waals surface area contributed by atoms with E-state index in [9.17, 15) is 12.6 Å². The first kappa shape index (κ1) is 19.2. The minimum absolute atomic E-state index is 0.0446. The second kappa shape index (κ2) is 7.98. The molecule has 0 aliphatic carbocycles. The maximum absolute atomic E-state index is 12.8. The Morgan fingerprint density at radius 2 is 2.00 bits per heavy atom. The topological polar surface area (TPSA) is 78.8 Å². The molecule has 1 atom stereocenters. The molecule has 0 radical (unpaired) electrons. The van der Waals surface area contributed by atoms with Gasteiger partial charge in [0.25, 0.3) is 0 Å². The molecule has 0 fully saturated rings. The first-order chi connectivity index (χ1) is 12.4. The van der Waals surface area contributed by atoms with Crippen molar-refractivity contribution in [3.8, 4) is 0 Å². The lowest BCUT2D eigenvalue weighted by Crippen LogP contribution is -2.34. The van der Waals surface area contributed by atoms with E-state index in [1.807, 2.05) is 18.2 Å². The van der Waals surface area contributed by atoms with Crippen LogP contribution in [0.15, 0.2) is 57.2 Å². The van der Waals surface area contributed by atoms with E-state index in [1.165, 1.54) is 23.0 Å². The van der Waals surface area contributed by atoms with Crippen molar-refractivity contribution in [2.45, 2.75) is 16.3 Å². The highest BCUT2D eigenvalue weighted by Gasteiger charge is 2.29. The molecule has 1 aliphatic rings. The van der Waals surface area contributed by atoms with Crippen molar-refractivity contribution in [2.24, 2.45) is 4.99 Å². The van der Waals surface area contributed by atoms with Crippen molar-refractivity contribution in [1.29, 1.82) is 0 Å². The highest BCUT2D eigenvalue weighted by molar-refractivity contribution is 7.99. The van der Waals surface area contributed by atoms with Crippen LogP contribution in [0.4, 0.5) is 5.69 Å². The molecule has 3 rings (SSSR count). The van der Waals surface area contributed by atoms with E-state index >= 15 is 0 Å². The van der Waals surface area contributed by atoms with Gasteiger partial charge in [0.2, 0.25) is 10.0 Å². The van der Waals surface area contributed by atoms with Crippen molar-refractivity contribution >= 4 is 43.7 Å². The molecule has 0 aromatic heterocycles. The largest absolute Gasteiger partial charge is 0.311 e. The third kappa shape index (κ3) is 4.05. The van der Waals surface area contributed by atoms with Crippen LogP contribution in [-0.2, 0) is 27.4 Å². The number of benzene rings is 2. The lowest BCUT2D eigenvalue weighted by Gasteiger charge is -2.19. The minimum atomic E-state index is -3.75. The molecule has 0 amide bonds. The summed E-state index contributed by atoms with van der Waals surface area (Å²) in [6.45, 7) is 1.34. The van der Waals surface area contributed by atoms with Crippen molar-refractivity contribution in [1.82, 2.24) is 9.62 Å². The summed E-state index contributed by atoms with van der Waals surface area (Å²) in [6.07, 6.45) is 0. The Hall–Kier alpha value is -1.58. The van der Waals surface area contributed by atoms with E-state index in [0.717, 1.165) is 5.56 Å². The zero-order chi connectivity index (χ0) is 18.7. The molecule has 1 heterocycles. The van der Waals surface area contributed by atoms with Gasteiger partial charge in [-0.15, -0.1) is 0 Å². The van der Waals surface area contributed by atoms with E-state index in [0.29, 0.717) is 23.8 Å². The number of rotatable bonds is 7. The van der Waals surface area contributed by atoms with Crippen molar-refractivity contribution in [3.63, 3.8) is 0 Å². The van der Waals surface area contributed by atoms with Crippen LogP contribution in [0.5, 0.6) is 0 Å². The maximum atomic E-state index is 12.8. The Bertz CT molecular complexity index is 977. The van der Waals surface area contributed by atoms with Gasteiger partial charge in [0, 0.05) is 31.7 Å². The van der Waals surface area contributed by atoms with Crippen molar-refractivity contribution in [3.05, 3.63) is 53.1 Å². The number of sulfonamides is 1. The van der Waals surface area contributed by atoms with Gasteiger partial charge in [-0.05, 0) is 29.8 Å². The summed E-state index contributed by atoms with van der Waals surface area (Å²) < 4.78 is 39.0. The number of nitrogens with one attached hydrogen (secondary N) is 1. The normalized spacial score (nSPS) is 16.2. The van der Waals surface area contributed by atoms with Crippen LogP contribution in [0.25, 0.3) is 0 Å². The molecule has 0 saturated heterocycles. The van der Waals surface area contributed by atoms with E-state index in [1.54, 1.807) is 18.2 Å². The molecule has 9 heteroatoms. The summed E-state index contributed by atoms with van der Waals surface area (Å²) in [5.74, 6) is 0. The van der Waals surface area contributed by atoms with Gasteiger partial charge in [0.15, 0.2) is 0 Å². The number of likely N-dealkylation sites (N-methyl/N-ethyl adjacent to an activating group) is 1. The second-order valence-corrected chi connectivity index (χ2v) is 9.43. The summed E-state index contributed by atoms with van der Waals surface area (Å²) in [4.78, 5) is 4.30. The quantitative estimate of drug-likeness (QED) is 0.710. The van der Waals surface area contributed by atoms with Crippen LogP contribution in [0.2, 0.25) is 5.02 Å². The summed E-state index contributed by atoms with van der Waals surface area (Å²) in [7, 11) is -3.77. The number of halogens is 1. The van der Waals surface area contributed by atoms with Crippen LogP contribution in [0.1, 0.15) is 5.56 Å². The SMILES string of the molecule is CN(CCNCc1cccc(Cl)c1)S(=O)(=O)c1cccc2c1S(=O)C=N2. The first-order valence-electron chi connectivity index (χ1n) is 7.89. The third-order valence-electron chi connectivity index (χ3n) is 3.96. The molecule has 26 heavy (non-hydrogen) atoms. The fraction of sp³-hybridized carbons (Fsp3) is 0.235.